The molecular formula is C11H14N2OS. The average Bonchev–Trinajstić information content (AvgIpc) is 2.53. The van der Waals surface area contributed by atoms with Gasteiger partial charge in [-0.2, -0.15) is 5.26 Å². The first-order valence-electron chi connectivity index (χ1n) is 4.96. The number of thiophene rings is 1. The van der Waals surface area contributed by atoms with Gasteiger partial charge in [-0.05, 0) is 18.9 Å². The molecule has 1 aromatic heterocycles. The predicted molar refractivity (Wildman–Crippen MR) is 62.1 cm³/mol. The molecule has 0 spiro atoms. The number of aryl methyl sites for hydroxylation is 1. The van der Waals surface area contributed by atoms with Crippen LogP contribution in [-0.2, 0) is 11.2 Å². The zero-order valence-electron chi connectivity index (χ0n) is 9.18. The van der Waals surface area contributed by atoms with E-state index in [0.29, 0.717) is 17.0 Å². The van der Waals surface area contributed by atoms with Crippen LogP contribution in [-0.4, -0.2) is 5.91 Å². The van der Waals surface area contributed by atoms with Crippen LogP contribution in [0.3, 0.4) is 0 Å². The van der Waals surface area contributed by atoms with Crippen molar-refractivity contribution in [3.05, 3.63) is 16.0 Å². The Bertz CT molecular complexity index is 415. The Morgan fingerprint density at radius 2 is 2.20 bits per heavy atom. The number of nitrogens with one attached hydrogen (secondary N) is 1. The number of anilines is 1. The molecule has 1 aromatic rings. The molecule has 1 N–H and O–H groups in total. The van der Waals surface area contributed by atoms with Crippen LogP contribution in [0.1, 0.15) is 36.3 Å². The quantitative estimate of drug-likeness (QED) is 0.855. The smallest absolute Gasteiger partial charge is 0.224 e. The van der Waals surface area contributed by atoms with Crippen molar-refractivity contribution in [3.8, 4) is 6.07 Å². The van der Waals surface area contributed by atoms with E-state index in [9.17, 15) is 4.79 Å². The van der Waals surface area contributed by atoms with E-state index in [1.165, 1.54) is 11.3 Å². The Labute approximate surface area is 93.7 Å². The highest BCUT2D eigenvalue weighted by Gasteiger charge is 2.15. The number of hydrogen-bond donors (Lipinski definition) is 1. The number of rotatable bonds is 3. The fourth-order valence-corrected chi connectivity index (χ4v) is 2.54. The Balaban J connectivity index is 3.09. The van der Waals surface area contributed by atoms with E-state index in [2.05, 4.69) is 11.4 Å². The molecule has 15 heavy (non-hydrogen) atoms. The minimum absolute atomic E-state index is 0.0459. The zero-order valence-corrected chi connectivity index (χ0v) is 9.99. The molecule has 1 amide bonds. The van der Waals surface area contributed by atoms with Crippen molar-refractivity contribution in [1.82, 2.24) is 0 Å². The standard InChI is InChI=1S/C11H14N2OS/c1-4-8-7(3)15-11(9(8)6-12)13-10(14)5-2/h4-5H2,1-3H3,(H,13,14). The summed E-state index contributed by atoms with van der Waals surface area (Å²) >= 11 is 1.48. The van der Waals surface area contributed by atoms with Crippen LogP contribution in [0.4, 0.5) is 5.00 Å². The Morgan fingerprint density at radius 3 is 2.67 bits per heavy atom. The van der Waals surface area contributed by atoms with Gasteiger partial charge in [-0.3, -0.25) is 4.79 Å². The number of amides is 1. The molecule has 3 nitrogen and oxygen atoms in total. The predicted octanol–water partition coefficient (Wildman–Crippen LogP) is 2.84. The highest BCUT2D eigenvalue weighted by atomic mass is 32.1. The second-order valence-corrected chi connectivity index (χ2v) is 4.43. The summed E-state index contributed by atoms with van der Waals surface area (Å²) in [6.45, 7) is 5.79. The van der Waals surface area contributed by atoms with Crippen molar-refractivity contribution in [3.63, 3.8) is 0 Å². The molecule has 0 aliphatic heterocycles. The van der Waals surface area contributed by atoms with Gasteiger partial charge in [0.2, 0.25) is 5.91 Å². The molecule has 0 aromatic carbocycles. The molecule has 0 unspecified atom stereocenters. The second-order valence-electron chi connectivity index (χ2n) is 3.21. The van der Waals surface area contributed by atoms with Crippen LogP contribution in [0.2, 0.25) is 0 Å². The lowest BCUT2D eigenvalue weighted by atomic mass is 10.1. The van der Waals surface area contributed by atoms with Crippen LogP contribution < -0.4 is 5.32 Å². The number of nitriles is 1. The van der Waals surface area contributed by atoms with E-state index in [1.807, 2.05) is 13.8 Å². The highest BCUT2D eigenvalue weighted by molar-refractivity contribution is 7.16. The van der Waals surface area contributed by atoms with E-state index in [0.717, 1.165) is 16.9 Å². The Morgan fingerprint density at radius 1 is 1.53 bits per heavy atom. The van der Waals surface area contributed by atoms with Gasteiger partial charge in [0.15, 0.2) is 0 Å². The SMILES string of the molecule is CCC(=O)Nc1sc(C)c(CC)c1C#N. The van der Waals surface area contributed by atoms with E-state index >= 15 is 0 Å². The zero-order chi connectivity index (χ0) is 11.4. The lowest BCUT2D eigenvalue weighted by molar-refractivity contribution is -0.115. The van der Waals surface area contributed by atoms with Crippen molar-refractivity contribution in [2.45, 2.75) is 33.6 Å². The van der Waals surface area contributed by atoms with Gasteiger partial charge < -0.3 is 5.32 Å². The number of carbonyl (C=O) groups is 1. The van der Waals surface area contributed by atoms with Crippen molar-refractivity contribution in [1.29, 1.82) is 5.26 Å². The Kier molecular flexibility index (Phi) is 3.87. The number of hydrogen-bond acceptors (Lipinski definition) is 3. The number of nitrogens with zero attached hydrogens (tertiary/aromatic N) is 1. The third-order valence-corrected chi connectivity index (χ3v) is 3.31. The van der Waals surface area contributed by atoms with E-state index in [4.69, 9.17) is 5.26 Å². The Hall–Kier alpha value is -1.34. The third-order valence-electron chi connectivity index (χ3n) is 2.25. The second kappa shape index (κ2) is 4.94. The third kappa shape index (κ3) is 2.37. The molecule has 0 aliphatic rings. The van der Waals surface area contributed by atoms with Gasteiger partial charge in [0, 0.05) is 11.3 Å². The monoisotopic (exact) mass is 222 g/mol. The first kappa shape index (κ1) is 11.7. The van der Waals surface area contributed by atoms with E-state index in [1.54, 1.807) is 6.92 Å². The molecule has 1 heterocycles. The van der Waals surface area contributed by atoms with Gasteiger partial charge in [-0.1, -0.05) is 13.8 Å². The summed E-state index contributed by atoms with van der Waals surface area (Å²) in [5.41, 5.74) is 1.68. The molecule has 1 rings (SSSR count). The maximum Gasteiger partial charge on any atom is 0.224 e. The van der Waals surface area contributed by atoms with Crippen LogP contribution >= 0.6 is 11.3 Å². The normalized spacial score (nSPS) is 9.73. The minimum atomic E-state index is -0.0459. The summed E-state index contributed by atoms with van der Waals surface area (Å²) < 4.78 is 0. The first-order chi connectivity index (χ1) is 7.13. The lowest BCUT2D eigenvalue weighted by Crippen LogP contribution is -2.09. The minimum Gasteiger partial charge on any atom is -0.317 e. The summed E-state index contributed by atoms with van der Waals surface area (Å²) in [4.78, 5) is 12.4. The summed E-state index contributed by atoms with van der Waals surface area (Å²) in [5, 5.41) is 12.5. The summed E-state index contributed by atoms with van der Waals surface area (Å²) in [6, 6.07) is 2.16. The summed E-state index contributed by atoms with van der Waals surface area (Å²) in [5.74, 6) is -0.0459. The summed E-state index contributed by atoms with van der Waals surface area (Å²) in [7, 11) is 0. The first-order valence-corrected chi connectivity index (χ1v) is 5.77. The van der Waals surface area contributed by atoms with Crippen LogP contribution in [0.15, 0.2) is 0 Å². The molecule has 0 saturated heterocycles. The van der Waals surface area contributed by atoms with Crippen LogP contribution in [0.5, 0.6) is 0 Å². The maximum atomic E-state index is 11.2. The van der Waals surface area contributed by atoms with Gasteiger partial charge in [-0.15, -0.1) is 11.3 Å². The van der Waals surface area contributed by atoms with Crippen LogP contribution in [0.25, 0.3) is 0 Å². The molecule has 80 valence electrons. The molecule has 0 fully saturated rings. The van der Waals surface area contributed by atoms with Gasteiger partial charge in [-0.25, -0.2) is 0 Å². The molecule has 0 bridgehead atoms. The molecule has 0 atom stereocenters. The van der Waals surface area contributed by atoms with Gasteiger partial charge >= 0.3 is 0 Å². The van der Waals surface area contributed by atoms with Crippen molar-refractivity contribution < 1.29 is 4.79 Å². The van der Waals surface area contributed by atoms with Gasteiger partial charge in [0.25, 0.3) is 0 Å². The lowest BCUT2D eigenvalue weighted by Gasteiger charge is -2.00. The van der Waals surface area contributed by atoms with Crippen molar-refractivity contribution in [2.75, 3.05) is 5.32 Å². The highest BCUT2D eigenvalue weighted by Crippen LogP contribution is 2.32. The van der Waals surface area contributed by atoms with Gasteiger partial charge in [0.05, 0.1) is 5.56 Å². The summed E-state index contributed by atoms with van der Waals surface area (Å²) in [6.07, 6.45) is 1.26. The average molecular weight is 222 g/mol. The molecular weight excluding hydrogens is 208 g/mol. The van der Waals surface area contributed by atoms with E-state index < -0.39 is 0 Å². The fraction of sp³-hybridized carbons (Fsp3) is 0.455. The molecule has 0 aliphatic carbocycles. The van der Waals surface area contributed by atoms with Crippen LogP contribution in [0, 0.1) is 18.3 Å². The molecule has 4 heteroatoms. The van der Waals surface area contributed by atoms with E-state index in [-0.39, 0.29) is 5.91 Å². The molecule has 0 radical (unpaired) electrons. The topological polar surface area (TPSA) is 52.9 Å². The molecule has 0 saturated carbocycles. The van der Waals surface area contributed by atoms with Gasteiger partial charge in [0.1, 0.15) is 11.1 Å². The largest absolute Gasteiger partial charge is 0.317 e. The number of carbonyl (C=O) groups excluding carboxylic acids is 1. The fourth-order valence-electron chi connectivity index (χ4n) is 1.43. The van der Waals surface area contributed by atoms with Crippen molar-refractivity contribution in [2.24, 2.45) is 0 Å². The van der Waals surface area contributed by atoms with Crippen molar-refractivity contribution >= 4 is 22.2 Å². The maximum absolute atomic E-state index is 11.2.